The van der Waals surface area contributed by atoms with E-state index in [2.05, 4.69) is 15.2 Å². The molecule has 0 aliphatic heterocycles. The van der Waals surface area contributed by atoms with Crippen LogP contribution in [-0.2, 0) is 4.79 Å². The summed E-state index contributed by atoms with van der Waals surface area (Å²) in [5, 5.41) is 25.2. The Balaban J connectivity index is 2.20. The van der Waals surface area contributed by atoms with E-state index in [9.17, 15) is 9.90 Å². The van der Waals surface area contributed by atoms with E-state index >= 15 is 0 Å². The van der Waals surface area contributed by atoms with Crippen molar-refractivity contribution in [3.63, 3.8) is 0 Å². The van der Waals surface area contributed by atoms with Gasteiger partial charge in [-0.3, -0.25) is 9.89 Å². The Labute approximate surface area is 112 Å². The van der Waals surface area contributed by atoms with Gasteiger partial charge in [-0.2, -0.15) is 0 Å². The van der Waals surface area contributed by atoms with Crippen LogP contribution in [0, 0.1) is 0 Å². The molecule has 0 spiro atoms. The molecular formula is C11H11N3O4S. The summed E-state index contributed by atoms with van der Waals surface area (Å²) in [5.74, 6) is -0.158. The SMILES string of the molecule is COc1ccc(-c2nc(SCC(=O)O)n[nH]2)c(O)c1. The molecule has 0 unspecified atom stereocenters. The van der Waals surface area contributed by atoms with Crippen molar-refractivity contribution in [3.8, 4) is 22.9 Å². The number of benzene rings is 1. The maximum atomic E-state index is 10.4. The Hall–Kier alpha value is -2.22. The van der Waals surface area contributed by atoms with Crippen molar-refractivity contribution in [3.05, 3.63) is 18.2 Å². The molecule has 19 heavy (non-hydrogen) atoms. The molecule has 0 fully saturated rings. The lowest BCUT2D eigenvalue weighted by Gasteiger charge is -2.03. The highest BCUT2D eigenvalue weighted by atomic mass is 32.2. The number of rotatable bonds is 5. The molecule has 0 atom stereocenters. The molecular weight excluding hydrogens is 270 g/mol. The number of carboxylic acids is 1. The van der Waals surface area contributed by atoms with Gasteiger partial charge in [-0.05, 0) is 12.1 Å². The van der Waals surface area contributed by atoms with Crippen molar-refractivity contribution in [1.29, 1.82) is 0 Å². The van der Waals surface area contributed by atoms with Crippen LogP contribution in [0.2, 0.25) is 0 Å². The molecule has 2 aromatic rings. The predicted octanol–water partition coefficient (Wildman–Crippen LogP) is 1.36. The second-order valence-electron chi connectivity index (χ2n) is 3.53. The number of hydrogen-bond acceptors (Lipinski definition) is 6. The highest BCUT2D eigenvalue weighted by Gasteiger charge is 2.12. The van der Waals surface area contributed by atoms with Gasteiger partial charge in [-0.15, -0.1) is 5.10 Å². The summed E-state index contributed by atoms with van der Waals surface area (Å²) in [6.07, 6.45) is 0. The lowest BCUT2D eigenvalue weighted by molar-refractivity contribution is -0.133. The van der Waals surface area contributed by atoms with Crippen LogP contribution in [-0.4, -0.2) is 44.2 Å². The molecule has 1 aromatic heterocycles. The summed E-state index contributed by atoms with van der Waals surface area (Å²) in [5.41, 5.74) is 0.468. The number of aromatic nitrogens is 3. The van der Waals surface area contributed by atoms with Gasteiger partial charge in [0.2, 0.25) is 5.16 Å². The van der Waals surface area contributed by atoms with Gasteiger partial charge < -0.3 is 14.9 Å². The second-order valence-corrected chi connectivity index (χ2v) is 4.47. The van der Waals surface area contributed by atoms with Gasteiger partial charge in [0.15, 0.2) is 5.82 Å². The normalized spacial score (nSPS) is 10.4. The average Bonchev–Trinajstić information content (AvgIpc) is 2.84. The fraction of sp³-hybridized carbons (Fsp3) is 0.182. The molecule has 1 aromatic carbocycles. The van der Waals surface area contributed by atoms with E-state index in [0.717, 1.165) is 11.8 Å². The van der Waals surface area contributed by atoms with Crippen LogP contribution in [0.25, 0.3) is 11.4 Å². The summed E-state index contributed by atoms with van der Waals surface area (Å²) >= 11 is 0.998. The molecule has 2 rings (SSSR count). The number of ether oxygens (including phenoxy) is 1. The van der Waals surface area contributed by atoms with Crippen molar-refractivity contribution in [1.82, 2.24) is 15.2 Å². The van der Waals surface area contributed by atoms with Crippen molar-refractivity contribution in [2.24, 2.45) is 0 Å². The second kappa shape index (κ2) is 5.61. The number of phenolic OH excluding ortho intramolecular Hbond substituents is 1. The first-order chi connectivity index (χ1) is 9.10. The first kappa shape index (κ1) is 13.2. The molecule has 0 radical (unpaired) electrons. The molecule has 0 bridgehead atoms. The minimum atomic E-state index is -0.941. The number of aromatic hydroxyl groups is 1. The minimum Gasteiger partial charge on any atom is -0.507 e. The highest BCUT2D eigenvalue weighted by molar-refractivity contribution is 7.99. The van der Waals surface area contributed by atoms with E-state index < -0.39 is 5.97 Å². The molecule has 0 saturated carbocycles. The van der Waals surface area contributed by atoms with E-state index in [4.69, 9.17) is 9.84 Å². The number of carbonyl (C=O) groups is 1. The molecule has 1 heterocycles. The van der Waals surface area contributed by atoms with Gasteiger partial charge in [0.05, 0.1) is 18.4 Å². The molecule has 0 amide bonds. The zero-order chi connectivity index (χ0) is 13.8. The Morgan fingerprint density at radius 3 is 2.95 bits per heavy atom. The monoisotopic (exact) mass is 281 g/mol. The van der Waals surface area contributed by atoms with E-state index in [0.29, 0.717) is 22.3 Å². The third-order valence-electron chi connectivity index (χ3n) is 2.25. The van der Waals surface area contributed by atoms with Crippen molar-refractivity contribution in [2.75, 3.05) is 12.9 Å². The van der Waals surface area contributed by atoms with Gasteiger partial charge >= 0.3 is 5.97 Å². The lowest BCUT2D eigenvalue weighted by Crippen LogP contribution is -1.97. The highest BCUT2D eigenvalue weighted by Crippen LogP contribution is 2.30. The number of phenols is 1. The van der Waals surface area contributed by atoms with Gasteiger partial charge in [0.1, 0.15) is 11.5 Å². The third-order valence-corrected chi connectivity index (χ3v) is 3.08. The largest absolute Gasteiger partial charge is 0.507 e. The zero-order valence-corrected chi connectivity index (χ0v) is 10.8. The topological polar surface area (TPSA) is 108 Å². The van der Waals surface area contributed by atoms with Crippen LogP contribution in [0.3, 0.4) is 0 Å². The number of aromatic amines is 1. The van der Waals surface area contributed by atoms with Crippen LogP contribution in [0.4, 0.5) is 0 Å². The van der Waals surface area contributed by atoms with Crippen LogP contribution in [0.15, 0.2) is 23.4 Å². The quantitative estimate of drug-likeness (QED) is 0.710. The fourth-order valence-electron chi connectivity index (χ4n) is 1.40. The maximum Gasteiger partial charge on any atom is 0.313 e. The Bertz CT molecular complexity index is 599. The smallest absolute Gasteiger partial charge is 0.313 e. The Morgan fingerprint density at radius 2 is 2.32 bits per heavy atom. The minimum absolute atomic E-state index is 0.00489. The zero-order valence-electron chi connectivity index (χ0n) is 9.95. The van der Waals surface area contributed by atoms with Crippen LogP contribution in [0.1, 0.15) is 0 Å². The molecule has 8 heteroatoms. The summed E-state index contributed by atoms with van der Waals surface area (Å²) in [6.45, 7) is 0. The summed E-state index contributed by atoms with van der Waals surface area (Å²) in [7, 11) is 1.50. The first-order valence-electron chi connectivity index (χ1n) is 5.24. The molecule has 0 aliphatic carbocycles. The summed E-state index contributed by atoms with van der Waals surface area (Å²) in [4.78, 5) is 14.5. The molecule has 3 N–H and O–H groups in total. The number of nitrogens with zero attached hydrogens (tertiary/aromatic N) is 2. The average molecular weight is 281 g/mol. The number of H-pyrrole nitrogens is 1. The van der Waals surface area contributed by atoms with E-state index in [1.165, 1.54) is 13.2 Å². The Kier molecular flexibility index (Phi) is 3.91. The predicted molar refractivity (Wildman–Crippen MR) is 68.4 cm³/mol. The van der Waals surface area contributed by atoms with E-state index in [1.54, 1.807) is 12.1 Å². The summed E-state index contributed by atoms with van der Waals surface area (Å²) < 4.78 is 4.98. The van der Waals surface area contributed by atoms with Crippen LogP contribution in [0.5, 0.6) is 11.5 Å². The molecule has 7 nitrogen and oxygen atoms in total. The van der Waals surface area contributed by atoms with E-state index in [-0.39, 0.29) is 11.5 Å². The molecule has 100 valence electrons. The number of nitrogens with one attached hydrogen (secondary N) is 1. The summed E-state index contributed by atoms with van der Waals surface area (Å²) in [6, 6.07) is 4.78. The van der Waals surface area contributed by atoms with Crippen LogP contribution >= 0.6 is 11.8 Å². The molecule has 0 aliphatic rings. The van der Waals surface area contributed by atoms with E-state index in [1.807, 2.05) is 0 Å². The Morgan fingerprint density at radius 1 is 1.53 bits per heavy atom. The number of thioether (sulfide) groups is 1. The number of hydrogen-bond donors (Lipinski definition) is 3. The third kappa shape index (κ3) is 3.16. The maximum absolute atomic E-state index is 10.4. The van der Waals surface area contributed by atoms with Gasteiger partial charge in [0, 0.05) is 6.07 Å². The van der Waals surface area contributed by atoms with Crippen molar-refractivity contribution >= 4 is 17.7 Å². The standard InChI is InChI=1S/C11H11N3O4S/c1-18-6-2-3-7(8(15)4-6)10-12-11(14-13-10)19-5-9(16)17/h2-4,15H,5H2,1H3,(H,16,17)(H,12,13,14). The number of aliphatic carboxylic acids is 1. The van der Waals surface area contributed by atoms with Gasteiger partial charge in [-0.1, -0.05) is 11.8 Å². The van der Waals surface area contributed by atoms with Crippen molar-refractivity contribution in [2.45, 2.75) is 5.16 Å². The number of methoxy groups -OCH3 is 1. The number of carboxylic acid groups (broad SMARTS) is 1. The fourth-order valence-corrected chi connectivity index (χ4v) is 1.91. The van der Waals surface area contributed by atoms with Crippen molar-refractivity contribution < 1.29 is 19.7 Å². The lowest BCUT2D eigenvalue weighted by atomic mass is 10.2. The molecule has 0 saturated heterocycles. The first-order valence-corrected chi connectivity index (χ1v) is 6.23. The van der Waals surface area contributed by atoms with Gasteiger partial charge in [0.25, 0.3) is 0 Å². The van der Waals surface area contributed by atoms with Gasteiger partial charge in [-0.25, -0.2) is 4.98 Å². The van der Waals surface area contributed by atoms with Crippen LogP contribution < -0.4 is 4.74 Å².